The first kappa shape index (κ1) is 13.0. The van der Waals surface area contributed by atoms with E-state index in [2.05, 4.69) is 5.32 Å². The highest BCUT2D eigenvalue weighted by Crippen LogP contribution is 2.20. The summed E-state index contributed by atoms with van der Waals surface area (Å²) in [6, 6.07) is 17.0. The number of carboxylic acids is 1. The molecule has 4 heteroatoms. The number of para-hydroxylation sites is 1. The van der Waals surface area contributed by atoms with Crippen molar-refractivity contribution in [3.05, 3.63) is 54.6 Å². The van der Waals surface area contributed by atoms with Gasteiger partial charge in [-0.25, -0.2) is 4.79 Å². The normalized spacial score (nSPS) is 11.6. The zero-order valence-electron chi connectivity index (χ0n) is 10.5. The summed E-state index contributed by atoms with van der Waals surface area (Å²) in [6.45, 7) is 1.50. The summed E-state index contributed by atoms with van der Waals surface area (Å²) in [5.41, 5.74) is 1.91. The molecule has 1 atom stereocenters. The van der Waals surface area contributed by atoms with Crippen molar-refractivity contribution in [2.24, 2.45) is 0 Å². The fraction of sp³-hybridized carbons (Fsp3) is 0.133. The number of carbonyl (C=O) groups is 1. The van der Waals surface area contributed by atoms with Crippen molar-refractivity contribution in [1.82, 2.24) is 0 Å². The van der Waals surface area contributed by atoms with Gasteiger partial charge in [-0.15, -0.1) is 0 Å². The lowest BCUT2D eigenvalue weighted by Crippen LogP contribution is -2.22. The van der Waals surface area contributed by atoms with Gasteiger partial charge < -0.3 is 15.2 Å². The summed E-state index contributed by atoms with van der Waals surface area (Å²) in [5.74, 6) is -0.444. The molecule has 0 unspecified atom stereocenters. The van der Waals surface area contributed by atoms with Crippen LogP contribution in [0.3, 0.4) is 0 Å². The Labute approximate surface area is 111 Å². The van der Waals surface area contributed by atoms with Crippen LogP contribution in [0, 0.1) is 0 Å². The summed E-state index contributed by atoms with van der Waals surface area (Å²) >= 11 is 0. The van der Waals surface area contributed by atoms with Crippen LogP contribution >= 0.6 is 0 Å². The summed E-state index contributed by atoms with van der Waals surface area (Å²) in [4.78, 5) is 10.7. The third kappa shape index (κ3) is 3.74. The predicted molar refractivity (Wildman–Crippen MR) is 73.9 cm³/mol. The average Bonchev–Trinajstić information content (AvgIpc) is 2.42. The Morgan fingerprint density at radius 3 is 2.21 bits per heavy atom. The van der Waals surface area contributed by atoms with Crippen molar-refractivity contribution in [3.63, 3.8) is 0 Å². The Bertz CT molecular complexity index is 537. The molecule has 0 fully saturated rings. The van der Waals surface area contributed by atoms with Crippen LogP contribution < -0.4 is 10.1 Å². The molecule has 0 saturated carbocycles. The molecule has 0 aliphatic rings. The maximum absolute atomic E-state index is 10.7. The first-order valence-electron chi connectivity index (χ1n) is 5.97. The molecule has 0 aliphatic heterocycles. The molecule has 98 valence electrons. The minimum absolute atomic E-state index is 0.536. The van der Waals surface area contributed by atoms with E-state index < -0.39 is 12.1 Å². The van der Waals surface area contributed by atoms with E-state index in [1.807, 2.05) is 42.5 Å². The topological polar surface area (TPSA) is 58.6 Å². The quantitative estimate of drug-likeness (QED) is 0.863. The molecule has 4 nitrogen and oxygen atoms in total. The lowest BCUT2D eigenvalue weighted by atomic mass is 10.2. The van der Waals surface area contributed by atoms with E-state index in [9.17, 15) is 4.79 Å². The molecular weight excluding hydrogens is 242 g/mol. The third-order valence-electron chi connectivity index (χ3n) is 2.58. The molecule has 0 spiro atoms. The van der Waals surface area contributed by atoms with E-state index in [0.29, 0.717) is 5.75 Å². The molecule has 0 saturated heterocycles. The van der Waals surface area contributed by atoms with Crippen molar-refractivity contribution in [3.8, 4) is 5.75 Å². The van der Waals surface area contributed by atoms with Gasteiger partial charge in [0.1, 0.15) is 5.75 Å². The number of hydrogen-bond donors (Lipinski definition) is 2. The first-order chi connectivity index (χ1) is 9.15. The standard InChI is InChI=1S/C15H15NO3/c1-11(15(17)18)19-14-9-7-13(8-10-14)16-12-5-3-2-4-6-12/h2-11,16H,1H3,(H,17,18)/t11-/m1/s1. The number of ether oxygens (including phenoxy) is 1. The molecular formula is C15H15NO3. The number of nitrogens with one attached hydrogen (secondary N) is 1. The van der Waals surface area contributed by atoms with Crippen molar-refractivity contribution in [2.75, 3.05) is 5.32 Å². The van der Waals surface area contributed by atoms with Crippen LogP contribution in [0.25, 0.3) is 0 Å². The van der Waals surface area contributed by atoms with Gasteiger partial charge in [0.15, 0.2) is 6.10 Å². The molecule has 0 aliphatic carbocycles. The van der Waals surface area contributed by atoms with E-state index in [1.54, 1.807) is 12.1 Å². The Morgan fingerprint density at radius 1 is 1.05 bits per heavy atom. The van der Waals surface area contributed by atoms with Gasteiger partial charge in [0.05, 0.1) is 0 Å². The van der Waals surface area contributed by atoms with E-state index in [-0.39, 0.29) is 0 Å². The van der Waals surface area contributed by atoms with Gasteiger partial charge in [-0.3, -0.25) is 0 Å². The number of benzene rings is 2. The smallest absolute Gasteiger partial charge is 0.344 e. The summed E-state index contributed by atoms with van der Waals surface area (Å²) < 4.78 is 5.25. The summed E-state index contributed by atoms with van der Waals surface area (Å²) in [6.07, 6.45) is -0.854. The molecule has 0 aromatic heterocycles. The summed E-state index contributed by atoms with van der Waals surface area (Å²) in [7, 11) is 0. The van der Waals surface area contributed by atoms with Gasteiger partial charge in [-0.05, 0) is 43.3 Å². The highest BCUT2D eigenvalue weighted by atomic mass is 16.5. The minimum Gasteiger partial charge on any atom is -0.479 e. The van der Waals surface area contributed by atoms with E-state index >= 15 is 0 Å². The number of rotatable bonds is 5. The third-order valence-corrected chi connectivity index (χ3v) is 2.58. The van der Waals surface area contributed by atoms with Gasteiger partial charge in [0.25, 0.3) is 0 Å². The fourth-order valence-electron chi connectivity index (χ4n) is 1.56. The van der Waals surface area contributed by atoms with Gasteiger partial charge >= 0.3 is 5.97 Å². The van der Waals surface area contributed by atoms with Crippen LogP contribution in [0.2, 0.25) is 0 Å². The number of carboxylic acid groups (broad SMARTS) is 1. The van der Waals surface area contributed by atoms with Crippen LogP contribution in [0.4, 0.5) is 11.4 Å². The Kier molecular flexibility index (Phi) is 4.03. The van der Waals surface area contributed by atoms with Crippen LogP contribution in [-0.2, 0) is 4.79 Å². The minimum atomic E-state index is -0.980. The van der Waals surface area contributed by atoms with E-state index in [1.165, 1.54) is 6.92 Å². The van der Waals surface area contributed by atoms with Gasteiger partial charge in [-0.2, -0.15) is 0 Å². The lowest BCUT2D eigenvalue weighted by molar-refractivity contribution is -0.144. The van der Waals surface area contributed by atoms with Crippen molar-refractivity contribution < 1.29 is 14.6 Å². The highest BCUT2D eigenvalue weighted by Gasteiger charge is 2.11. The number of anilines is 2. The van der Waals surface area contributed by atoms with Crippen molar-refractivity contribution >= 4 is 17.3 Å². The molecule has 2 aromatic rings. The maximum Gasteiger partial charge on any atom is 0.344 e. The molecule has 2 N–H and O–H groups in total. The second-order valence-electron chi connectivity index (χ2n) is 4.11. The van der Waals surface area contributed by atoms with Gasteiger partial charge in [0, 0.05) is 11.4 Å². The van der Waals surface area contributed by atoms with Crippen molar-refractivity contribution in [1.29, 1.82) is 0 Å². The summed E-state index contributed by atoms with van der Waals surface area (Å²) in [5, 5.41) is 12.0. The Balaban J connectivity index is 2.01. The van der Waals surface area contributed by atoms with Gasteiger partial charge in [-0.1, -0.05) is 18.2 Å². The monoisotopic (exact) mass is 257 g/mol. The molecule has 0 amide bonds. The molecule has 0 bridgehead atoms. The lowest BCUT2D eigenvalue weighted by Gasteiger charge is -2.11. The second kappa shape index (κ2) is 5.91. The Hall–Kier alpha value is -2.49. The number of aliphatic carboxylic acids is 1. The molecule has 2 aromatic carbocycles. The zero-order chi connectivity index (χ0) is 13.7. The first-order valence-corrected chi connectivity index (χ1v) is 5.97. The van der Waals surface area contributed by atoms with Crippen LogP contribution in [0.15, 0.2) is 54.6 Å². The predicted octanol–water partition coefficient (Wildman–Crippen LogP) is 3.28. The van der Waals surface area contributed by atoms with Crippen molar-refractivity contribution in [2.45, 2.75) is 13.0 Å². The maximum atomic E-state index is 10.7. The zero-order valence-corrected chi connectivity index (χ0v) is 10.5. The molecule has 0 radical (unpaired) electrons. The van der Waals surface area contributed by atoms with E-state index in [0.717, 1.165) is 11.4 Å². The Morgan fingerprint density at radius 2 is 1.63 bits per heavy atom. The second-order valence-corrected chi connectivity index (χ2v) is 4.11. The highest BCUT2D eigenvalue weighted by molar-refractivity contribution is 5.72. The molecule has 0 heterocycles. The van der Waals surface area contributed by atoms with Gasteiger partial charge in [0.2, 0.25) is 0 Å². The fourth-order valence-corrected chi connectivity index (χ4v) is 1.56. The van der Waals surface area contributed by atoms with Crippen LogP contribution in [-0.4, -0.2) is 17.2 Å². The molecule has 2 rings (SSSR count). The SMILES string of the molecule is C[C@@H](Oc1ccc(Nc2ccccc2)cc1)C(=O)O. The van der Waals surface area contributed by atoms with Crippen LogP contribution in [0.1, 0.15) is 6.92 Å². The molecule has 19 heavy (non-hydrogen) atoms. The average molecular weight is 257 g/mol. The van der Waals surface area contributed by atoms with Crippen LogP contribution in [0.5, 0.6) is 5.75 Å². The number of hydrogen-bond acceptors (Lipinski definition) is 3. The van der Waals surface area contributed by atoms with E-state index in [4.69, 9.17) is 9.84 Å². The largest absolute Gasteiger partial charge is 0.479 e.